The van der Waals surface area contributed by atoms with Crippen LogP contribution in [-0.4, -0.2) is 30.9 Å². The second-order valence-corrected chi connectivity index (χ2v) is 7.01. The zero-order valence-electron chi connectivity index (χ0n) is 14.8. The van der Waals surface area contributed by atoms with Crippen molar-refractivity contribution in [1.29, 1.82) is 0 Å². The fourth-order valence-corrected chi connectivity index (χ4v) is 3.66. The topological polar surface area (TPSA) is 65.8 Å². The van der Waals surface area contributed by atoms with Crippen LogP contribution < -0.4 is 0 Å². The van der Waals surface area contributed by atoms with Crippen molar-refractivity contribution in [2.75, 3.05) is 5.75 Å². The monoisotopic (exact) mass is 378 g/mol. The summed E-state index contributed by atoms with van der Waals surface area (Å²) in [6.07, 6.45) is 3.48. The molecule has 0 saturated heterocycles. The van der Waals surface area contributed by atoms with Crippen molar-refractivity contribution in [2.24, 2.45) is 7.05 Å². The molecule has 136 valence electrons. The number of aryl methyl sites for hydroxylation is 1. The number of furan rings is 1. The molecule has 0 saturated carbocycles. The van der Waals surface area contributed by atoms with Crippen LogP contribution in [0.2, 0.25) is 0 Å². The lowest BCUT2D eigenvalue weighted by Crippen LogP contribution is -2.09. The molecule has 7 heteroatoms. The first kappa shape index (κ1) is 17.4. The highest BCUT2D eigenvalue weighted by atomic mass is 32.2. The molecule has 1 aromatic carbocycles. The first-order chi connectivity index (χ1) is 13.2. The molecule has 0 N–H and O–H groups in total. The van der Waals surface area contributed by atoms with Gasteiger partial charge in [-0.3, -0.25) is 9.36 Å². The number of hydrogen-bond acceptors (Lipinski definition) is 5. The number of hydrogen-bond donors (Lipinski definition) is 0. The quantitative estimate of drug-likeness (QED) is 0.360. The van der Waals surface area contributed by atoms with Gasteiger partial charge in [-0.2, -0.15) is 0 Å². The molecule has 3 aromatic heterocycles. The number of carbonyl (C=O) groups is 1. The molecule has 4 aromatic rings. The lowest BCUT2D eigenvalue weighted by atomic mass is 10.2. The number of thioether (sulfide) groups is 1. The van der Waals surface area contributed by atoms with E-state index in [1.807, 2.05) is 64.8 Å². The highest BCUT2D eigenvalue weighted by Crippen LogP contribution is 2.26. The molecule has 0 unspecified atom stereocenters. The Bertz CT molecular complexity index is 1040. The Kier molecular flexibility index (Phi) is 4.93. The van der Waals surface area contributed by atoms with Crippen LogP contribution in [0.1, 0.15) is 16.1 Å². The highest BCUT2D eigenvalue weighted by molar-refractivity contribution is 7.99. The summed E-state index contributed by atoms with van der Waals surface area (Å²) in [4.78, 5) is 12.5. The smallest absolute Gasteiger partial charge is 0.200 e. The Morgan fingerprint density at radius 2 is 1.93 bits per heavy atom. The van der Waals surface area contributed by atoms with E-state index in [4.69, 9.17) is 4.42 Å². The fourth-order valence-electron chi connectivity index (χ4n) is 2.85. The summed E-state index contributed by atoms with van der Waals surface area (Å²) in [5.74, 6) is 1.65. The van der Waals surface area contributed by atoms with E-state index in [1.165, 1.54) is 11.8 Å². The van der Waals surface area contributed by atoms with Crippen molar-refractivity contribution < 1.29 is 9.21 Å². The number of benzene rings is 1. The van der Waals surface area contributed by atoms with Crippen LogP contribution in [0.5, 0.6) is 0 Å². The van der Waals surface area contributed by atoms with Gasteiger partial charge in [0, 0.05) is 13.2 Å². The Labute approximate surface area is 160 Å². The Hall–Kier alpha value is -3.06. The number of rotatable bonds is 7. The van der Waals surface area contributed by atoms with Gasteiger partial charge in [0.05, 0.1) is 24.3 Å². The van der Waals surface area contributed by atoms with Crippen LogP contribution in [0, 0.1) is 0 Å². The second kappa shape index (κ2) is 7.67. The normalized spacial score (nSPS) is 11.0. The number of Topliss-reactive ketones (excluding diaryl/α,β-unsaturated/α-hetero) is 1. The molecule has 6 nitrogen and oxygen atoms in total. The average molecular weight is 378 g/mol. The summed E-state index contributed by atoms with van der Waals surface area (Å²) in [6, 6.07) is 17.5. The van der Waals surface area contributed by atoms with E-state index in [9.17, 15) is 4.79 Å². The average Bonchev–Trinajstić information content (AvgIpc) is 3.42. The van der Waals surface area contributed by atoms with Crippen molar-refractivity contribution in [2.45, 2.75) is 11.7 Å². The molecular weight excluding hydrogens is 360 g/mol. The van der Waals surface area contributed by atoms with E-state index in [0.717, 1.165) is 5.56 Å². The fraction of sp³-hybridized carbons (Fsp3) is 0.150. The van der Waals surface area contributed by atoms with E-state index < -0.39 is 0 Å². The minimum Gasteiger partial charge on any atom is -0.461 e. The van der Waals surface area contributed by atoms with Crippen LogP contribution in [-0.2, 0) is 13.6 Å². The minimum atomic E-state index is 0.0568. The lowest BCUT2D eigenvalue weighted by molar-refractivity contribution is 0.101. The molecule has 0 bridgehead atoms. The van der Waals surface area contributed by atoms with Crippen LogP contribution in [0.3, 0.4) is 0 Å². The van der Waals surface area contributed by atoms with Gasteiger partial charge in [0.25, 0.3) is 0 Å². The van der Waals surface area contributed by atoms with E-state index >= 15 is 0 Å². The Balaban J connectivity index is 1.60. The Morgan fingerprint density at radius 3 is 2.63 bits per heavy atom. The van der Waals surface area contributed by atoms with E-state index in [2.05, 4.69) is 22.3 Å². The number of aromatic nitrogens is 4. The van der Waals surface area contributed by atoms with E-state index in [-0.39, 0.29) is 5.78 Å². The molecule has 27 heavy (non-hydrogen) atoms. The number of ketones is 1. The number of carbonyl (C=O) groups excluding carboxylic acids is 1. The maximum atomic E-state index is 12.5. The predicted octanol–water partition coefficient (Wildman–Crippen LogP) is 3.90. The standard InChI is InChI=1S/C20H18N4O2S/c1-23-11-5-9-16(23)17(25)14-27-20-22-21-19(18-10-6-12-26-18)24(20)13-15-7-3-2-4-8-15/h2-12H,13-14H2,1H3. The molecule has 3 heterocycles. The van der Waals surface area contributed by atoms with Gasteiger partial charge in [-0.05, 0) is 29.8 Å². The third-order valence-corrected chi connectivity index (χ3v) is 5.17. The maximum absolute atomic E-state index is 12.5. The molecule has 0 amide bonds. The summed E-state index contributed by atoms with van der Waals surface area (Å²) >= 11 is 1.38. The molecule has 0 fully saturated rings. The van der Waals surface area contributed by atoms with Crippen LogP contribution in [0.25, 0.3) is 11.6 Å². The van der Waals surface area contributed by atoms with Gasteiger partial charge < -0.3 is 8.98 Å². The van der Waals surface area contributed by atoms with Gasteiger partial charge in [-0.15, -0.1) is 10.2 Å². The summed E-state index contributed by atoms with van der Waals surface area (Å²) in [6.45, 7) is 0.602. The van der Waals surface area contributed by atoms with Gasteiger partial charge >= 0.3 is 0 Å². The van der Waals surface area contributed by atoms with E-state index in [0.29, 0.717) is 34.7 Å². The van der Waals surface area contributed by atoms with Crippen LogP contribution >= 0.6 is 11.8 Å². The molecule has 0 radical (unpaired) electrons. The van der Waals surface area contributed by atoms with Gasteiger partial charge in [0.15, 0.2) is 16.7 Å². The maximum Gasteiger partial charge on any atom is 0.200 e. The summed E-state index contributed by atoms with van der Waals surface area (Å²) in [7, 11) is 1.87. The highest BCUT2D eigenvalue weighted by Gasteiger charge is 2.18. The third-order valence-electron chi connectivity index (χ3n) is 4.20. The SMILES string of the molecule is Cn1cccc1C(=O)CSc1nnc(-c2ccco2)n1Cc1ccccc1. The molecule has 0 atom stereocenters. The summed E-state index contributed by atoms with van der Waals surface area (Å²) < 4.78 is 9.32. The summed E-state index contributed by atoms with van der Waals surface area (Å²) in [5, 5.41) is 9.28. The van der Waals surface area contributed by atoms with Crippen molar-refractivity contribution in [3.63, 3.8) is 0 Å². The first-order valence-corrected chi connectivity index (χ1v) is 9.49. The first-order valence-electron chi connectivity index (χ1n) is 8.50. The molecular formula is C20H18N4O2S. The van der Waals surface area contributed by atoms with E-state index in [1.54, 1.807) is 6.26 Å². The number of nitrogens with zero attached hydrogens (tertiary/aromatic N) is 4. The van der Waals surface area contributed by atoms with Crippen molar-refractivity contribution >= 4 is 17.5 Å². The molecule has 4 rings (SSSR count). The largest absolute Gasteiger partial charge is 0.461 e. The second-order valence-electron chi connectivity index (χ2n) is 6.07. The molecule has 0 spiro atoms. The van der Waals surface area contributed by atoms with Crippen LogP contribution in [0.4, 0.5) is 0 Å². The zero-order chi connectivity index (χ0) is 18.6. The molecule has 0 aliphatic carbocycles. The lowest BCUT2D eigenvalue weighted by Gasteiger charge is -2.09. The zero-order valence-corrected chi connectivity index (χ0v) is 15.6. The summed E-state index contributed by atoms with van der Waals surface area (Å²) in [5.41, 5.74) is 1.81. The van der Waals surface area contributed by atoms with Crippen molar-refractivity contribution in [3.8, 4) is 11.6 Å². The van der Waals surface area contributed by atoms with Gasteiger partial charge in [0.1, 0.15) is 0 Å². The van der Waals surface area contributed by atoms with Gasteiger partial charge in [-0.25, -0.2) is 0 Å². The third kappa shape index (κ3) is 3.73. The van der Waals surface area contributed by atoms with Gasteiger partial charge in [0.2, 0.25) is 5.82 Å². The van der Waals surface area contributed by atoms with Crippen LogP contribution in [0.15, 0.2) is 76.6 Å². The molecule has 0 aliphatic heterocycles. The Morgan fingerprint density at radius 1 is 1.07 bits per heavy atom. The van der Waals surface area contributed by atoms with Crippen molar-refractivity contribution in [3.05, 3.63) is 78.3 Å². The predicted molar refractivity (Wildman–Crippen MR) is 104 cm³/mol. The van der Waals surface area contributed by atoms with Gasteiger partial charge in [-0.1, -0.05) is 42.1 Å². The molecule has 0 aliphatic rings. The van der Waals surface area contributed by atoms with Crippen molar-refractivity contribution in [1.82, 2.24) is 19.3 Å². The minimum absolute atomic E-state index is 0.0568.